The minimum atomic E-state index is 0.335. The quantitative estimate of drug-likeness (QED) is 0.514. The molecule has 2 aromatic carbocycles. The first-order chi connectivity index (χ1) is 16.3. The molecule has 3 heterocycles. The number of nitrogens with zero attached hydrogens (tertiary/aromatic N) is 2. The van der Waals surface area contributed by atoms with Gasteiger partial charge in [-0.2, -0.15) is 0 Å². The normalized spacial score (nSPS) is 23.1. The summed E-state index contributed by atoms with van der Waals surface area (Å²) in [5.74, 6) is 2.94. The van der Waals surface area contributed by atoms with E-state index in [1.54, 1.807) is 14.2 Å². The molecule has 5 heteroatoms. The molecule has 2 atom stereocenters. The Hall–Kier alpha value is -2.24. The SMILES string of the molecule is COc1ccc(C2CN3CCCC3c3cc(OCCCN4CCCCC4)ccc32)cc1OC. The molecule has 0 saturated carbocycles. The largest absolute Gasteiger partial charge is 0.494 e. The lowest BCUT2D eigenvalue weighted by molar-refractivity contribution is 0.204. The van der Waals surface area contributed by atoms with Crippen molar-refractivity contribution in [2.24, 2.45) is 0 Å². The fraction of sp³-hybridized carbons (Fsp3) is 0.571. The fourth-order valence-corrected chi connectivity index (χ4v) is 5.99. The Kier molecular flexibility index (Phi) is 7.07. The van der Waals surface area contributed by atoms with E-state index in [0.29, 0.717) is 12.0 Å². The van der Waals surface area contributed by atoms with Crippen LogP contribution in [0.15, 0.2) is 36.4 Å². The average Bonchev–Trinajstić information content (AvgIpc) is 3.35. The van der Waals surface area contributed by atoms with Crippen molar-refractivity contribution in [3.63, 3.8) is 0 Å². The summed E-state index contributed by atoms with van der Waals surface area (Å²) in [6, 6.07) is 13.7. The monoisotopic (exact) mass is 450 g/mol. The van der Waals surface area contributed by atoms with Gasteiger partial charge in [-0.1, -0.05) is 18.6 Å². The van der Waals surface area contributed by atoms with Gasteiger partial charge in [0.15, 0.2) is 11.5 Å². The van der Waals surface area contributed by atoms with E-state index < -0.39 is 0 Å². The Morgan fingerprint density at radius 1 is 0.848 bits per heavy atom. The Labute approximate surface area is 198 Å². The molecule has 2 fully saturated rings. The summed E-state index contributed by atoms with van der Waals surface area (Å²) in [5, 5.41) is 0. The molecule has 3 aliphatic heterocycles. The van der Waals surface area contributed by atoms with Crippen LogP contribution in [0, 0.1) is 0 Å². The smallest absolute Gasteiger partial charge is 0.161 e. The fourth-order valence-electron chi connectivity index (χ4n) is 5.99. The third-order valence-corrected chi connectivity index (χ3v) is 7.72. The first-order valence-corrected chi connectivity index (χ1v) is 12.7. The zero-order valence-corrected chi connectivity index (χ0v) is 20.2. The molecular formula is C28H38N2O3. The van der Waals surface area contributed by atoms with Crippen molar-refractivity contribution >= 4 is 0 Å². The van der Waals surface area contributed by atoms with Crippen molar-refractivity contribution in [2.45, 2.75) is 50.5 Å². The standard InChI is InChI=1S/C28H38N2O3/c1-31-27-12-9-21(18-28(27)32-2)25-20-30-16-6-8-26(30)24-19-22(10-11-23(24)25)33-17-7-15-29-13-4-3-5-14-29/h9-12,18-19,25-26H,3-8,13-17,20H2,1-2H3. The predicted molar refractivity (Wildman–Crippen MR) is 132 cm³/mol. The summed E-state index contributed by atoms with van der Waals surface area (Å²) < 4.78 is 17.3. The van der Waals surface area contributed by atoms with Gasteiger partial charge >= 0.3 is 0 Å². The van der Waals surface area contributed by atoms with E-state index in [9.17, 15) is 0 Å². The van der Waals surface area contributed by atoms with Crippen LogP contribution in [-0.2, 0) is 0 Å². The van der Waals surface area contributed by atoms with Crippen LogP contribution in [0.3, 0.4) is 0 Å². The van der Waals surface area contributed by atoms with Gasteiger partial charge in [-0.3, -0.25) is 4.90 Å². The highest BCUT2D eigenvalue weighted by molar-refractivity contribution is 5.50. The van der Waals surface area contributed by atoms with Crippen LogP contribution in [0.2, 0.25) is 0 Å². The molecule has 0 aromatic heterocycles. The van der Waals surface area contributed by atoms with E-state index in [1.807, 2.05) is 6.07 Å². The molecular weight excluding hydrogens is 412 g/mol. The Morgan fingerprint density at radius 2 is 1.70 bits per heavy atom. The topological polar surface area (TPSA) is 34.2 Å². The van der Waals surface area contributed by atoms with Gasteiger partial charge in [0.05, 0.1) is 20.8 Å². The van der Waals surface area contributed by atoms with Gasteiger partial charge in [0.2, 0.25) is 0 Å². The van der Waals surface area contributed by atoms with Gasteiger partial charge in [-0.25, -0.2) is 0 Å². The third kappa shape index (κ3) is 4.85. The van der Waals surface area contributed by atoms with Crippen molar-refractivity contribution in [1.82, 2.24) is 9.80 Å². The number of methoxy groups -OCH3 is 2. The highest BCUT2D eigenvalue weighted by Crippen LogP contribution is 2.46. The second-order valence-corrected chi connectivity index (χ2v) is 9.72. The minimum absolute atomic E-state index is 0.335. The zero-order chi connectivity index (χ0) is 22.6. The highest BCUT2D eigenvalue weighted by Gasteiger charge is 2.37. The molecule has 0 aliphatic carbocycles. The molecule has 2 unspecified atom stereocenters. The van der Waals surface area contributed by atoms with Crippen molar-refractivity contribution in [1.29, 1.82) is 0 Å². The molecule has 0 radical (unpaired) electrons. The molecule has 0 N–H and O–H groups in total. The summed E-state index contributed by atoms with van der Waals surface area (Å²) in [6.45, 7) is 6.70. The second-order valence-electron chi connectivity index (χ2n) is 9.72. The number of hydrogen-bond acceptors (Lipinski definition) is 5. The number of rotatable bonds is 8. The second kappa shape index (κ2) is 10.4. The van der Waals surface area contributed by atoms with Crippen LogP contribution in [-0.4, -0.2) is 63.4 Å². The number of piperidine rings is 1. The van der Waals surface area contributed by atoms with E-state index in [4.69, 9.17) is 14.2 Å². The predicted octanol–water partition coefficient (Wildman–Crippen LogP) is 5.24. The summed E-state index contributed by atoms with van der Waals surface area (Å²) in [6.07, 6.45) is 7.70. The maximum Gasteiger partial charge on any atom is 0.161 e. The number of likely N-dealkylation sites (tertiary alicyclic amines) is 1. The van der Waals surface area contributed by atoms with Crippen LogP contribution in [0.25, 0.3) is 0 Å². The summed E-state index contributed by atoms with van der Waals surface area (Å²) in [4.78, 5) is 5.24. The van der Waals surface area contributed by atoms with Crippen molar-refractivity contribution in [3.05, 3.63) is 53.1 Å². The lowest BCUT2D eigenvalue weighted by Crippen LogP contribution is -2.34. The molecule has 2 saturated heterocycles. The first-order valence-electron chi connectivity index (χ1n) is 12.7. The summed E-state index contributed by atoms with van der Waals surface area (Å²) >= 11 is 0. The zero-order valence-electron chi connectivity index (χ0n) is 20.2. The molecule has 0 amide bonds. The highest BCUT2D eigenvalue weighted by atomic mass is 16.5. The van der Waals surface area contributed by atoms with Gasteiger partial charge in [-0.05, 0) is 92.7 Å². The van der Waals surface area contributed by atoms with Gasteiger partial charge in [0.1, 0.15) is 5.75 Å². The lowest BCUT2D eigenvalue weighted by Gasteiger charge is -2.38. The number of ether oxygens (including phenoxy) is 3. The van der Waals surface area contributed by atoms with E-state index in [0.717, 1.165) is 43.4 Å². The van der Waals surface area contributed by atoms with Crippen LogP contribution in [0.5, 0.6) is 17.2 Å². The van der Waals surface area contributed by atoms with E-state index in [2.05, 4.69) is 40.1 Å². The Balaban J connectivity index is 1.33. The van der Waals surface area contributed by atoms with Crippen LogP contribution in [0.1, 0.15) is 67.2 Å². The Bertz CT molecular complexity index is 941. The maximum atomic E-state index is 6.24. The third-order valence-electron chi connectivity index (χ3n) is 7.72. The van der Waals surface area contributed by atoms with Gasteiger partial charge in [-0.15, -0.1) is 0 Å². The van der Waals surface area contributed by atoms with E-state index >= 15 is 0 Å². The molecule has 33 heavy (non-hydrogen) atoms. The van der Waals surface area contributed by atoms with Crippen molar-refractivity contribution < 1.29 is 14.2 Å². The maximum absolute atomic E-state index is 6.24. The number of benzene rings is 2. The number of fused-ring (bicyclic) bond motifs is 3. The molecule has 0 spiro atoms. The van der Waals surface area contributed by atoms with E-state index in [-0.39, 0.29) is 0 Å². The number of hydrogen-bond donors (Lipinski definition) is 0. The minimum Gasteiger partial charge on any atom is -0.494 e. The van der Waals surface area contributed by atoms with E-state index in [1.165, 1.54) is 68.4 Å². The molecule has 5 nitrogen and oxygen atoms in total. The molecule has 3 aliphatic rings. The molecule has 5 rings (SSSR count). The molecule has 178 valence electrons. The van der Waals surface area contributed by atoms with Crippen LogP contribution >= 0.6 is 0 Å². The van der Waals surface area contributed by atoms with Gasteiger partial charge < -0.3 is 19.1 Å². The van der Waals surface area contributed by atoms with Crippen molar-refractivity contribution in [3.8, 4) is 17.2 Å². The molecule has 0 bridgehead atoms. The molecule has 2 aromatic rings. The van der Waals surface area contributed by atoms with Crippen LogP contribution in [0.4, 0.5) is 0 Å². The van der Waals surface area contributed by atoms with Gasteiger partial charge in [0.25, 0.3) is 0 Å². The first kappa shape index (κ1) is 22.5. The average molecular weight is 451 g/mol. The van der Waals surface area contributed by atoms with Crippen LogP contribution < -0.4 is 14.2 Å². The van der Waals surface area contributed by atoms with Gasteiger partial charge in [0, 0.05) is 25.0 Å². The van der Waals surface area contributed by atoms with Crippen molar-refractivity contribution in [2.75, 3.05) is 53.6 Å². The summed E-state index contributed by atoms with van der Waals surface area (Å²) in [5.41, 5.74) is 4.17. The Morgan fingerprint density at radius 3 is 2.52 bits per heavy atom. The lowest BCUT2D eigenvalue weighted by atomic mass is 9.81. The summed E-state index contributed by atoms with van der Waals surface area (Å²) in [7, 11) is 3.40.